The van der Waals surface area contributed by atoms with E-state index in [4.69, 9.17) is 4.42 Å². The Labute approximate surface area is 185 Å². The van der Waals surface area contributed by atoms with E-state index in [9.17, 15) is 4.79 Å². The molecule has 3 aromatic rings. The number of aromatic nitrogens is 1. The predicted octanol–water partition coefficient (Wildman–Crippen LogP) is 5.04. The smallest absolute Gasteiger partial charge is 0.295 e. The number of nitrogens with zero attached hydrogens (tertiary/aromatic N) is 3. The second kappa shape index (κ2) is 9.58. The van der Waals surface area contributed by atoms with Gasteiger partial charge in [0, 0.05) is 31.9 Å². The Bertz CT molecular complexity index is 961. The molecule has 0 spiro atoms. The summed E-state index contributed by atoms with van der Waals surface area (Å²) in [6.07, 6.45) is 3.68. The Morgan fingerprint density at radius 1 is 1.17 bits per heavy atom. The summed E-state index contributed by atoms with van der Waals surface area (Å²) in [6, 6.07) is 19.8. The molecule has 3 heterocycles. The van der Waals surface area contributed by atoms with E-state index in [2.05, 4.69) is 63.1 Å². The number of rotatable bonds is 6. The molecular weight excluding hydrogens is 442 g/mol. The average molecular weight is 468 g/mol. The number of amides is 1. The van der Waals surface area contributed by atoms with Gasteiger partial charge >= 0.3 is 0 Å². The zero-order chi connectivity index (χ0) is 20.9. The molecule has 2 aromatic heterocycles. The van der Waals surface area contributed by atoms with Gasteiger partial charge in [0.2, 0.25) is 0 Å². The standard InChI is InChI=1S/C24H26BrN3O2/c1-18-17-27(15-12-19-7-3-2-4-8-19)16-13-20(18)28(23-9-5-6-14-26-23)24(29)21-10-11-22(25)30-21/h2-11,14,18,20H,12-13,15-17H2,1H3. The minimum Gasteiger partial charge on any atom is -0.444 e. The van der Waals surface area contributed by atoms with E-state index in [0.717, 1.165) is 32.5 Å². The molecule has 1 aliphatic rings. The molecule has 2 unspecified atom stereocenters. The van der Waals surface area contributed by atoms with Crippen molar-refractivity contribution in [2.24, 2.45) is 5.92 Å². The lowest BCUT2D eigenvalue weighted by atomic mass is 9.91. The van der Waals surface area contributed by atoms with E-state index in [-0.39, 0.29) is 11.9 Å². The molecule has 0 radical (unpaired) electrons. The van der Waals surface area contributed by atoms with Gasteiger partial charge < -0.3 is 9.32 Å². The predicted molar refractivity (Wildman–Crippen MR) is 122 cm³/mol. The molecule has 5 nitrogen and oxygen atoms in total. The molecule has 4 rings (SSSR count). The van der Waals surface area contributed by atoms with Crippen molar-refractivity contribution in [3.8, 4) is 0 Å². The van der Waals surface area contributed by atoms with E-state index in [1.54, 1.807) is 18.3 Å². The monoisotopic (exact) mass is 467 g/mol. The summed E-state index contributed by atoms with van der Waals surface area (Å²) in [5, 5.41) is 0. The lowest BCUT2D eigenvalue weighted by molar-refractivity contribution is 0.0904. The fourth-order valence-electron chi connectivity index (χ4n) is 4.21. The third-order valence-electron chi connectivity index (χ3n) is 5.73. The first-order valence-electron chi connectivity index (χ1n) is 10.4. The Morgan fingerprint density at radius 2 is 1.97 bits per heavy atom. The molecule has 0 saturated carbocycles. The number of pyridine rings is 1. The van der Waals surface area contributed by atoms with Gasteiger partial charge in [0.15, 0.2) is 10.4 Å². The van der Waals surface area contributed by atoms with Gasteiger partial charge in [-0.2, -0.15) is 0 Å². The van der Waals surface area contributed by atoms with Crippen LogP contribution >= 0.6 is 15.9 Å². The van der Waals surface area contributed by atoms with Crippen molar-refractivity contribution in [1.29, 1.82) is 0 Å². The van der Waals surface area contributed by atoms with Crippen LogP contribution in [0, 0.1) is 5.92 Å². The first kappa shape index (κ1) is 20.8. The summed E-state index contributed by atoms with van der Waals surface area (Å²) >= 11 is 3.30. The van der Waals surface area contributed by atoms with Crippen LogP contribution in [0.5, 0.6) is 0 Å². The number of benzene rings is 1. The maximum Gasteiger partial charge on any atom is 0.295 e. The summed E-state index contributed by atoms with van der Waals surface area (Å²) in [4.78, 5) is 22.2. The zero-order valence-electron chi connectivity index (χ0n) is 17.1. The van der Waals surface area contributed by atoms with Gasteiger partial charge in [-0.05, 0) is 64.5 Å². The molecule has 0 bridgehead atoms. The molecule has 2 atom stereocenters. The van der Waals surface area contributed by atoms with Gasteiger partial charge in [0.1, 0.15) is 5.82 Å². The highest BCUT2D eigenvalue weighted by atomic mass is 79.9. The molecule has 0 N–H and O–H groups in total. The van der Waals surface area contributed by atoms with Crippen molar-refractivity contribution in [3.05, 3.63) is 82.9 Å². The maximum atomic E-state index is 13.4. The normalized spacial score (nSPS) is 19.5. The Morgan fingerprint density at radius 3 is 2.63 bits per heavy atom. The second-order valence-electron chi connectivity index (χ2n) is 7.84. The van der Waals surface area contributed by atoms with Gasteiger partial charge in [0.25, 0.3) is 5.91 Å². The first-order valence-corrected chi connectivity index (χ1v) is 11.2. The molecule has 30 heavy (non-hydrogen) atoms. The van der Waals surface area contributed by atoms with E-state index in [1.807, 2.05) is 23.1 Å². The van der Waals surface area contributed by atoms with E-state index in [1.165, 1.54) is 5.56 Å². The Hall–Kier alpha value is -2.44. The molecule has 6 heteroatoms. The number of anilines is 1. The van der Waals surface area contributed by atoms with Gasteiger partial charge in [-0.1, -0.05) is 43.3 Å². The summed E-state index contributed by atoms with van der Waals surface area (Å²) in [7, 11) is 0. The van der Waals surface area contributed by atoms with Gasteiger partial charge in [0.05, 0.1) is 0 Å². The van der Waals surface area contributed by atoms with E-state index in [0.29, 0.717) is 22.2 Å². The summed E-state index contributed by atoms with van der Waals surface area (Å²) < 4.78 is 6.12. The lowest BCUT2D eigenvalue weighted by Gasteiger charge is -2.42. The minimum atomic E-state index is -0.144. The number of halogens is 1. The third kappa shape index (κ3) is 4.82. The topological polar surface area (TPSA) is 49.6 Å². The number of carbonyl (C=O) groups excluding carboxylic acids is 1. The third-order valence-corrected chi connectivity index (χ3v) is 6.16. The van der Waals surface area contributed by atoms with Crippen LogP contribution in [0.15, 0.2) is 75.9 Å². The van der Waals surface area contributed by atoms with Crippen LogP contribution in [0.3, 0.4) is 0 Å². The van der Waals surface area contributed by atoms with Crippen molar-refractivity contribution in [2.75, 3.05) is 24.5 Å². The van der Waals surface area contributed by atoms with Crippen LogP contribution in [-0.4, -0.2) is 41.5 Å². The average Bonchev–Trinajstić information content (AvgIpc) is 3.21. The molecule has 1 aliphatic heterocycles. The van der Waals surface area contributed by atoms with Crippen molar-refractivity contribution in [2.45, 2.75) is 25.8 Å². The first-order chi connectivity index (χ1) is 14.6. The molecule has 1 amide bonds. The quantitative estimate of drug-likeness (QED) is 0.509. The number of likely N-dealkylation sites (tertiary alicyclic amines) is 1. The van der Waals surface area contributed by atoms with Crippen LogP contribution in [-0.2, 0) is 6.42 Å². The molecule has 0 aliphatic carbocycles. The highest BCUT2D eigenvalue weighted by Gasteiger charge is 2.36. The number of furan rings is 1. The number of piperidine rings is 1. The summed E-state index contributed by atoms with van der Waals surface area (Å²) in [5.74, 6) is 1.17. The number of hydrogen-bond acceptors (Lipinski definition) is 4. The Kier molecular flexibility index (Phi) is 6.65. The lowest BCUT2D eigenvalue weighted by Crippen LogP contribution is -2.53. The highest BCUT2D eigenvalue weighted by molar-refractivity contribution is 9.10. The van der Waals surface area contributed by atoms with Crippen LogP contribution < -0.4 is 4.90 Å². The molecule has 1 aromatic carbocycles. The van der Waals surface area contributed by atoms with Crippen molar-refractivity contribution in [3.63, 3.8) is 0 Å². The van der Waals surface area contributed by atoms with Gasteiger partial charge in [-0.3, -0.25) is 9.69 Å². The second-order valence-corrected chi connectivity index (χ2v) is 8.62. The minimum absolute atomic E-state index is 0.0734. The molecule has 156 valence electrons. The van der Waals surface area contributed by atoms with Crippen molar-refractivity contribution < 1.29 is 9.21 Å². The molecule has 1 saturated heterocycles. The SMILES string of the molecule is CC1CN(CCc2ccccc2)CCC1N(C(=O)c1ccc(Br)o1)c1ccccn1. The molecular formula is C24H26BrN3O2. The summed E-state index contributed by atoms with van der Waals surface area (Å²) in [5.41, 5.74) is 1.36. The fraction of sp³-hybridized carbons (Fsp3) is 0.333. The molecule has 1 fully saturated rings. The maximum absolute atomic E-state index is 13.4. The van der Waals surface area contributed by atoms with Crippen LogP contribution in [0.4, 0.5) is 5.82 Å². The van der Waals surface area contributed by atoms with Crippen LogP contribution in [0.2, 0.25) is 0 Å². The largest absolute Gasteiger partial charge is 0.444 e. The van der Waals surface area contributed by atoms with E-state index >= 15 is 0 Å². The van der Waals surface area contributed by atoms with Crippen molar-refractivity contribution >= 4 is 27.7 Å². The summed E-state index contributed by atoms with van der Waals surface area (Å²) in [6.45, 7) is 5.17. The Balaban J connectivity index is 1.48. The van der Waals surface area contributed by atoms with Crippen LogP contribution in [0.25, 0.3) is 0 Å². The number of carbonyl (C=O) groups is 1. The van der Waals surface area contributed by atoms with E-state index < -0.39 is 0 Å². The van der Waals surface area contributed by atoms with Crippen LogP contribution in [0.1, 0.15) is 29.5 Å². The van der Waals surface area contributed by atoms with Gasteiger partial charge in [-0.25, -0.2) is 4.98 Å². The zero-order valence-corrected chi connectivity index (χ0v) is 18.7. The van der Waals surface area contributed by atoms with Gasteiger partial charge in [-0.15, -0.1) is 0 Å². The highest BCUT2D eigenvalue weighted by Crippen LogP contribution is 2.29. The number of hydrogen-bond donors (Lipinski definition) is 0. The van der Waals surface area contributed by atoms with Crippen molar-refractivity contribution in [1.82, 2.24) is 9.88 Å². The fourth-order valence-corrected chi connectivity index (χ4v) is 4.51.